The van der Waals surface area contributed by atoms with Crippen molar-refractivity contribution in [1.82, 2.24) is 4.90 Å². The molecule has 1 saturated carbocycles. The second kappa shape index (κ2) is 10.5. The van der Waals surface area contributed by atoms with Crippen molar-refractivity contribution < 1.29 is 23.9 Å². The first kappa shape index (κ1) is 23.4. The smallest absolute Gasteiger partial charge is 0.341 e. The van der Waals surface area contributed by atoms with E-state index in [9.17, 15) is 14.4 Å². The first-order valence-electron chi connectivity index (χ1n) is 11.2. The highest BCUT2D eigenvalue weighted by molar-refractivity contribution is 7.16. The number of benzene rings is 1. The number of esters is 1. The summed E-state index contributed by atoms with van der Waals surface area (Å²) in [6, 6.07) is 7.63. The zero-order valence-electron chi connectivity index (χ0n) is 18.9. The topological polar surface area (TPSA) is 97.0 Å². The van der Waals surface area contributed by atoms with E-state index in [1.54, 1.807) is 0 Å². The highest BCUT2D eigenvalue weighted by Gasteiger charge is 2.31. The summed E-state index contributed by atoms with van der Waals surface area (Å²) in [6.45, 7) is 7.48. The van der Waals surface area contributed by atoms with Gasteiger partial charge in [0.15, 0.2) is 6.61 Å². The maximum absolute atomic E-state index is 12.7. The molecule has 1 aliphatic carbocycles. The minimum atomic E-state index is -0.612. The van der Waals surface area contributed by atoms with Gasteiger partial charge in [-0.25, -0.2) is 4.79 Å². The van der Waals surface area contributed by atoms with Crippen molar-refractivity contribution in [2.24, 2.45) is 5.92 Å². The average Bonchev–Trinajstić information content (AvgIpc) is 3.61. The summed E-state index contributed by atoms with van der Waals surface area (Å²) in [4.78, 5) is 40.4. The zero-order chi connectivity index (χ0) is 23.4. The third-order valence-electron chi connectivity index (χ3n) is 5.86. The van der Waals surface area contributed by atoms with Crippen molar-refractivity contribution in [2.45, 2.75) is 33.2 Å². The Balaban J connectivity index is 1.29. The molecule has 2 heterocycles. The molecule has 2 N–H and O–H groups in total. The molecular formula is C24H29N3O5S. The lowest BCUT2D eigenvalue weighted by Crippen LogP contribution is -2.35. The molecule has 1 aromatic carbocycles. The summed E-state index contributed by atoms with van der Waals surface area (Å²) in [5.41, 5.74) is 2.88. The number of rotatable bonds is 8. The van der Waals surface area contributed by atoms with E-state index < -0.39 is 18.5 Å². The van der Waals surface area contributed by atoms with Gasteiger partial charge in [0.25, 0.3) is 5.91 Å². The number of anilines is 2. The number of hydrogen-bond donors (Lipinski definition) is 2. The Labute approximate surface area is 197 Å². The molecule has 0 unspecified atom stereocenters. The van der Waals surface area contributed by atoms with Gasteiger partial charge < -0.3 is 20.1 Å². The maximum atomic E-state index is 12.7. The van der Waals surface area contributed by atoms with Crippen molar-refractivity contribution in [3.05, 3.63) is 45.8 Å². The van der Waals surface area contributed by atoms with Crippen molar-refractivity contribution in [1.29, 1.82) is 0 Å². The van der Waals surface area contributed by atoms with Gasteiger partial charge in [-0.3, -0.25) is 14.5 Å². The number of carbonyl (C=O) groups is 3. The Hall–Kier alpha value is -2.75. The van der Waals surface area contributed by atoms with Crippen LogP contribution in [-0.4, -0.2) is 55.6 Å². The van der Waals surface area contributed by atoms with E-state index in [0.29, 0.717) is 16.3 Å². The summed E-state index contributed by atoms with van der Waals surface area (Å²) in [7, 11) is 0. The normalized spacial score (nSPS) is 16.3. The molecule has 4 rings (SSSR count). The summed E-state index contributed by atoms with van der Waals surface area (Å²) in [5, 5.41) is 6.09. The van der Waals surface area contributed by atoms with Crippen LogP contribution in [0.2, 0.25) is 0 Å². The molecule has 9 heteroatoms. The lowest BCUT2D eigenvalue weighted by molar-refractivity contribution is -0.119. The predicted octanol–water partition coefficient (Wildman–Crippen LogP) is 3.34. The molecular weight excluding hydrogens is 442 g/mol. The third-order valence-corrected chi connectivity index (χ3v) is 6.98. The Morgan fingerprint density at radius 1 is 1.09 bits per heavy atom. The Morgan fingerprint density at radius 3 is 2.45 bits per heavy atom. The SMILES string of the molecule is Cc1sc(NC(=O)C2CC2)c(C(=O)OCC(=O)Nc2ccc(CN3CCOCC3)cc2)c1C. The van der Waals surface area contributed by atoms with Crippen LogP contribution >= 0.6 is 11.3 Å². The largest absolute Gasteiger partial charge is 0.452 e. The molecule has 1 aromatic heterocycles. The Bertz CT molecular complexity index is 1020. The molecule has 0 spiro atoms. The van der Waals surface area contributed by atoms with Crippen LogP contribution in [-0.2, 0) is 25.6 Å². The van der Waals surface area contributed by atoms with Crippen molar-refractivity contribution in [3.63, 3.8) is 0 Å². The van der Waals surface area contributed by atoms with Gasteiger partial charge in [-0.2, -0.15) is 0 Å². The predicted molar refractivity (Wildman–Crippen MR) is 127 cm³/mol. The highest BCUT2D eigenvalue weighted by Crippen LogP contribution is 2.36. The minimum Gasteiger partial charge on any atom is -0.452 e. The number of hydrogen-bond acceptors (Lipinski definition) is 7. The second-order valence-corrected chi connectivity index (χ2v) is 9.69. The average molecular weight is 472 g/mol. The van der Waals surface area contributed by atoms with Crippen LogP contribution in [0.3, 0.4) is 0 Å². The van der Waals surface area contributed by atoms with Gasteiger partial charge in [-0.1, -0.05) is 12.1 Å². The number of carbonyl (C=O) groups excluding carboxylic acids is 3. The van der Waals surface area contributed by atoms with Crippen LogP contribution < -0.4 is 10.6 Å². The number of ether oxygens (including phenoxy) is 2. The molecule has 2 amide bonds. The van der Waals surface area contributed by atoms with Crippen LogP contribution in [0.15, 0.2) is 24.3 Å². The van der Waals surface area contributed by atoms with Gasteiger partial charge in [0.2, 0.25) is 5.91 Å². The van der Waals surface area contributed by atoms with Crippen LogP contribution in [0, 0.1) is 19.8 Å². The molecule has 0 radical (unpaired) electrons. The molecule has 0 atom stereocenters. The first-order chi connectivity index (χ1) is 15.9. The fourth-order valence-corrected chi connectivity index (χ4v) is 4.68. The van der Waals surface area contributed by atoms with Crippen LogP contribution in [0.1, 0.15) is 39.2 Å². The van der Waals surface area contributed by atoms with Gasteiger partial charge in [-0.15, -0.1) is 11.3 Å². The van der Waals surface area contributed by atoms with E-state index in [1.165, 1.54) is 11.3 Å². The van der Waals surface area contributed by atoms with E-state index in [4.69, 9.17) is 9.47 Å². The quantitative estimate of drug-likeness (QED) is 0.573. The van der Waals surface area contributed by atoms with E-state index in [0.717, 1.165) is 61.7 Å². The zero-order valence-corrected chi connectivity index (χ0v) is 19.8. The minimum absolute atomic E-state index is 0.0302. The Kier molecular flexibility index (Phi) is 7.42. The van der Waals surface area contributed by atoms with Gasteiger partial charge in [0.05, 0.1) is 18.8 Å². The van der Waals surface area contributed by atoms with Gasteiger partial charge in [0.1, 0.15) is 5.00 Å². The maximum Gasteiger partial charge on any atom is 0.341 e. The number of nitrogens with zero attached hydrogens (tertiary/aromatic N) is 1. The van der Waals surface area contributed by atoms with E-state index >= 15 is 0 Å². The highest BCUT2D eigenvalue weighted by atomic mass is 32.1. The molecule has 0 bridgehead atoms. The lowest BCUT2D eigenvalue weighted by Gasteiger charge is -2.26. The number of thiophene rings is 1. The Morgan fingerprint density at radius 2 is 1.79 bits per heavy atom. The standard InChI is InChI=1S/C24H29N3O5S/c1-15-16(2)33-23(26-22(29)18-5-6-18)21(15)24(30)32-14-20(28)25-19-7-3-17(4-8-19)13-27-9-11-31-12-10-27/h3-4,7-8,18H,5-6,9-14H2,1-2H3,(H,25,28)(H,26,29). The van der Waals surface area contributed by atoms with Crippen molar-refractivity contribution in [3.8, 4) is 0 Å². The molecule has 176 valence electrons. The first-order valence-corrected chi connectivity index (χ1v) is 12.0. The molecule has 33 heavy (non-hydrogen) atoms. The molecule has 1 saturated heterocycles. The summed E-state index contributed by atoms with van der Waals surface area (Å²) >= 11 is 1.35. The fourth-order valence-electron chi connectivity index (χ4n) is 3.63. The van der Waals surface area contributed by atoms with Crippen molar-refractivity contribution >= 4 is 39.8 Å². The molecule has 2 fully saturated rings. The van der Waals surface area contributed by atoms with Gasteiger partial charge in [-0.05, 0) is 49.9 Å². The number of aryl methyl sites for hydroxylation is 1. The van der Waals surface area contributed by atoms with Crippen LogP contribution in [0.4, 0.5) is 10.7 Å². The van der Waals surface area contributed by atoms with Crippen LogP contribution in [0.5, 0.6) is 0 Å². The molecule has 2 aromatic rings. The molecule has 2 aliphatic rings. The van der Waals surface area contributed by atoms with E-state index in [-0.39, 0.29) is 11.8 Å². The lowest BCUT2D eigenvalue weighted by atomic mass is 10.1. The summed E-state index contributed by atoms with van der Waals surface area (Å²) < 4.78 is 10.6. The molecule has 1 aliphatic heterocycles. The number of morpholine rings is 1. The molecule has 8 nitrogen and oxygen atoms in total. The van der Waals surface area contributed by atoms with Crippen molar-refractivity contribution in [2.75, 3.05) is 43.5 Å². The fraction of sp³-hybridized carbons (Fsp3) is 0.458. The van der Waals surface area contributed by atoms with E-state index in [1.807, 2.05) is 38.1 Å². The number of amides is 2. The summed E-state index contributed by atoms with van der Waals surface area (Å²) in [6.07, 6.45) is 1.76. The summed E-state index contributed by atoms with van der Waals surface area (Å²) in [5.74, 6) is -1.07. The third kappa shape index (κ3) is 6.19. The van der Waals surface area contributed by atoms with Gasteiger partial charge in [0, 0.05) is 36.1 Å². The van der Waals surface area contributed by atoms with E-state index in [2.05, 4.69) is 15.5 Å². The second-order valence-electron chi connectivity index (χ2n) is 8.46. The monoisotopic (exact) mass is 471 g/mol. The number of nitrogens with one attached hydrogen (secondary N) is 2. The van der Waals surface area contributed by atoms with Gasteiger partial charge >= 0.3 is 5.97 Å². The van der Waals surface area contributed by atoms with Crippen LogP contribution in [0.25, 0.3) is 0 Å².